The molecule has 20 heavy (non-hydrogen) atoms. The highest BCUT2D eigenvalue weighted by Crippen LogP contribution is 2.26. The van der Waals surface area contributed by atoms with Gasteiger partial charge in [-0.15, -0.1) is 0 Å². The molecule has 110 valence electrons. The predicted octanol–water partition coefficient (Wildman–Crippen LogP) is 3.53. The van der Waals surface area contributed by atoms with E-state index in [1.54, 1.807) is 5.56 Å². The van der Waals surface area contributed by atoms with Gasteiger partial charge in [-0.05, 0) is 69.3 Å². The minimum atomic E-state index is 0.757. The van der Waals surface area contributed by atoms with Crippen molar-refractivity contribution < 1.29 is 0 Å². The number of benzene rings is 1. The Morgan fingerprint density at radius 2 is 1.80 bits per heavy atom. The lowest BCUT2D eigenvalue weighted by molar-refractivity contribution is 0.152. The molecule has 3 rings (SSSR count). The summed E-state index contributed by atoms with van der Waals surface area (Å²) in [5.41, 5.74) is 3.03. The number of piperidine rings is 2. The molecule has 2 aliphatic rings. The van der Waals surface area contributed by atoms with Crippen LogP contribution in [0.4, 0.5) is 0 Å². The molecule has 0 radical (unpaired) electrons. The zero-order chi connectivity index (χ0) is 13.8. The topological polar surface area (TPSA) is 15.3 Å². The first kappa shape index (κ1) is 14.1. The van der Waals surface area contributed by atoms with Gasteiger partial charge in [0.2, 0.25) is 0 Å². The molecule has 2 saturated heterocycles. The van der Waals surface area contributed by atoms with E-state index in [-0.39, 0.29) is 0 Å². The number of rotatable bonds is 3. The first-order valence-electron chi connectivity index (χ1n) is 8.36. The number of nitrogens with zero attached hydrogens (tertiary/aromatic N) is 1. The van der Waals surface area contributed by atoms with Crippen molar-refractivity contribution in [1.29, 1.82) is 0 Å². The minimum absolute atomic E-state index is 0.757. The number of hydrogen-bond acceptors (Lipinski definition) is 2. The first-order valence-corrected chi connectivity index (χ1v) is 8.36. The molecule has 0 aromatic heterocycles. The van der Waals surface area contributed by atoms with Gasteiger partial charge in [0.15, 0.2) is 0 Å². The smallest absolute Gasteiger partial charge is 0.0236 e. The SMILES string of the molecule is CC1CCCCN1Cc1ccc(C2CCNCC2)cc1. The third-order valence-corrected chi connectivity index (χ3v) is 5.12. The Morgan fingerprint density at radius 3 is 2.50 bits per heavy atom. The van der Waals surface area contributed by atoms with Gasteiger partial charge in [-0.3, -0.25) is 4.90 Å². The maximum Gasteiger partial charge on any atom is 0.0236 e. The van der Waals surface area contributed by atoms with E-state index >= 15 is 0 Å². The molecule has 1 atom stereocenters. The van der Waals surface area contributed by atoms with Gasteiger partial charge in [-0.1, -0.05) is 30.7 Å². The summed E-state index contributed by atoms with van der Waals surface area (Å²) in [5, 5.41) is 3.45. The normalized spacial score (nSPS) is 25.8. The van der Waals surface area contributed by atoms with E-state index in [1.165, 1.54) is 57.3 Å². The molecular formula is C18H28N2. The minimum Gasteiger partial charge on any atom is -0.317 e. The lowest BCUT2D eigenvalue weighted by atomic mass is 9.90. The van der Waals surface area contributed by atoms with Gasteiger partial charge >= 0.3 is 0 Å². The number of likely N-dealkylation sites (tertiary alicyclic amines) is 1. The monoisotopic (exact) mass is 272 g/mol. The Kier molecular flexibility index (Phi) is 4.74. The Morgan fingerprint density at radius 1 is 1.05 bits per heavy atom. The van der Waals surface area contributed by atoms with E-state index in [0.29, 0.717) is 0 Å². The number of hydrogen-bond donors (Lipinski definition) is 1. The molecule has 0 spiro atoms. The van der Waals surface area contributed by atoms with Gasteiger partial charge in [-0.2, -0.15) is 0 Å². The van der Waals surface area contributed by atoms with Crippen LogP contribution in [0.3, 0.4) is 0 Å². The maximum absolute atomic E-state index is 3.45. The molecule has 2 fully saturated rings. The van der Waals surface area contributed by atoms with E-state index in [0.717, 1.165) is 18.5 Å². The molecule has 0 saturated carbocycles. The van der Waals surface area contributed by atoms with Crippen molar-refractivity contribution in [1.82, 2.24) is 10.2 Å². The van der Waals surface area contributed by atoms with Crippen LogP contribution >= 0.6 is 0 Å². The summed E-state index contributed by atoms with van der Waals surface area (Å²) in [6, 6.07) is 10.2. The lowest BCUT2D eigenvalue weighted by Gasteiger charge is -2.33. The molecule has 2 nitrogen and oxygen atoms in total. The lowest BCUT2D eigenvalue weighted by Crippen LogP contribution is -2.36. The molecule has 2 heterocycles. The molecule has 1 aromatic rings. The largest absolute Gasteiger partial charge is 0.317 e. The first-order chi connectivity index (χ1) is 9.83. The van der Waals surface area contributed by atoms with Crippen LogP contribution in [0.15, 0.2) is 24.3 Å². The third-order valence-electron chi connectivity index (χ3n) is 5.12. The molecule has 1 unspecified atom stereocenters. The van der Waals surface area contributed by atoms with Gasteiger partial charge in [0, 0.05) is 12.6 Å². The second-order valence-electron chi connectivity index (χ2n) is 6.58. The van der Waals surface area contributed by atoms with Crippen molar-refractivity contribution in [2.75, 3.05) is 19.6 Å². The van der Waals surface area contributed by atoms with E-state index in [1.807, 2.05) is 0 Å². The van der Waals surface area contributed by atoms with Crippen LogP contribution in [-0.2, 0) is 6.54 Å². The van der Waals surface area contributed by atoms with Gasteiger partial charge in [0.1, 0.15) is 0 Å². The fraction of sp³-hybridized carbons (Fsp3) is 0.667. The van der Waals surface area contributed by atoms with Gasteiger partial charge in [-0.25, -0.2) is 0 Å². The summed E-state index contributed by atoms with van der Waals surface area (Å²) in [5.74, 6) is 0.777. The highest BCUT2D eigenvalue weighted by molar-refractivity contribution is 5.26. The molecule has 1 aromatic carbocycles. The van der Waals surface area contributed by atoms with Crippen molar-refractivity contribution in [3.63, 3.8) is 0 Å². The highest BCUT2D eigenvalue weighted by Gasteiger charge is 2.18. The van der Waals surface area contributed by atoms with Crippen molar-refractivity contribution in [2.24, 2.45) is 0 Å². The van der Waals surface area contributed by atoms with Crippen LogP contribution in [0.2, 0.25) is 0 Å². The van der Waals surface area contributed by atoms with Crippen LogP contribution in [-0.4, -0.2) is 30.6 Å². The van der Waals surface area contributed by atoms with Crippen molar-refractivity contribution >= 4 is 0 Å². The standard InChI is InChI=1S/C18H28N2/c1-15-4-2-3-13-20(15)14-16-5-7-17(8-6-16)18-9-11-19-12-10-18/h5-8,15,18-19H,2-4,9-14H2,1H3. The van der Waals surface area contributed by atoms with Crippen LogP contribution < -0.4 is 5.32 Å². The predicted molar refractivity (Wildman–Crippen MR) is 85.0 cm³/mol. The Labute approximate surface area is 123 Å². The fourth-order valence-electron chi connectivity index (χ4n) is 3.68. The van der Waals surface area contributed by atoms with Gasteiger partial charge in [0.05, 0.1) is 0 Å². The third kappa shape index (κ3) is 3.42. The number of nitrogens with one attached hydrogen (secondary N) is 1. The zero-order valence-corrected chi connectivity index (χ0v) is 12.8. The summed E-state index contributed by atoms with van der Waals surface area (Å²) < 4.78 is 0. The molecule has 0 bridgehead atoms. The van der Waals surface area contributed by atoms with Crippen molar-refractivity contribution in [2.45, 2.75) is 57.5 Å². The Hall–Kier alpha value is -0.860. The van der Waals surface area contributed by atoms with Crippen LogP contribution in [0.1, 0.15) is 56.1 Å². The van der Waals surface area contributed by atoms with Gasteiger partial charge < -0.3 is 5.32 Å². The zero-order valence-electron chi connectivity index (χ0n) is 12.8. The average Bonchev–Trinajstić information content (AvgIpc) is 2.51. The molecule has 2 aliphatic heterocycles. The molecule has 2 heteroatoms. The fourth-order valence-corrected chi connectivity index (χ4v) is 3.68. The van der Waals surface area contributed by atoms with E-state index in [4.69, 9.17) is 0 Å². The van der Waals surface area contributed by atoms with Gasteiger partial charge in [0.25, 0.3) is 0 Å². The van der Waals surface area contributed by atoms with E-state index in [9.17, 15) is 0 Å². The van der Waals surface area contributed by atoms with Crippen LogP contribution in [0.5, 0.6) is 0 Å². The molecular weight excluding hydrogens is 244 g/mol. The highest BCUT2D eigenvalue weighted by atomic mass is 15.2. The summed E-state index contributed by atoms with van der Waals surface area (Å²) in [6.45, 7) is 7.14. The van der Waals surface area contributed by atoms with Crippen LogP contribution in [0.25, 0.3) is 0 Å². The second-order valence-corrected chi connectivity index (χ2v) is 6.58. The summed E-state index contributed by atoms with van der Waals surface area (Å²) in [4.78, 5) is 2.64. The van der Waals surface area contributed by atoms with Crippen molar-refractivity contribution in [3.8, 4) is 0 Å². The second kappa shape index (κ2) is 6.73. The van der Waals surface area contributed by atoms with E-state index < -0.39 is 0 Å². The Bertz CT molecular complexity index is 406. The molecule has 1 N–H and O–H groups in total. The maximum atomic E-state index is 3.45. The average molecular weight is 272 g/mol. The molecule has 0 aliphatic carbocycles. The quantitative estimate of drug-likeness (QED) is 0.905. The summed E-state index contributed by atoms with van der Waals surface area (Å²) in [6.07, 6.45) is 6.74. The molecule has 0 amide bonds. The van der Waals surface area contributed by atoms with E-state index in [2.05, 4.69) is 41.4 Å². The van der Waals surface area contributed by atoms with Crippen LogP contribution in [0, 0.1) is 0 Å². The van der Waals surface area contributed by atoms with Crippen molar-refractivity contribution in [3.05, 3.63) is 35.4 Å². The summed E-state index contributed by atoms with van der Waals surface area (Å²) in [7, 11) is 0. The summed E-state index contributed by atoms with van der Waals surface area (Å²) >= 11 is 0. The Balaban J connectivity index is 1.60.